The summed E-state index contributed by atoms with van der Waals surface area (Å²) in [4.78, 5) is 72.8. The minimum Gasteiger partial charge on any atom is -0.462 e. The molecule has 0 aromatic rings. The van der Waals surface area contributed by atoms with Crippen molar-refractivity contribution in [3.63, 3.8) is 0 Å². The van der Waals surface area contributed by atoms with E-state index < -0.39 is 97.5 Å². The zero-order valence-corrected chi connectivity index (χ0v) is 63.2. The van der Waals surface area contributed by atoms with E-state index in [1.54, 1.807) is 0 Å². The zero-order chi connectivity index (χ0) is 69.4. The molecule has 0 aliphatic carbocycles. The zero-order valence-electron chi connectivity index (χ0n) is 61.4. The van der Waals surface area contributed by atoms with Gasteiger partial charge in [-0.15, -0.1) is 0 Å². The highest BCUT2D eigenvalue weighted by atomic mass is 31.2. The van der Waals surface area contributed by atoms with Crippen molar-refractivity contribution in [3.8, 4) is 0 Å². The van der Waals surface area contributed by atoms with Gasteiger partial charge in [0.2, 0.25) is 0 Å². The van der Waals surface area contributed by atoms with E-state index in [-0.39, 0.29) is 25.7 Å². The van der Waals surface area contributed by atoms with Crippen molar-refractivity contribution >= 4 is 39.5 Å². The lowest BCUT2D eigenvalue weighted by molar-refractivity contribution is -0.161. The van der Waals surface area contributed by atoms with E-state index in [4.69, 9.17) is 37.0 Å². The summed E-state index contributed by atoms with van der Waals surface area (Å²) in [6.07, 6.45) is 51.2. The maximum Gasteiger partial charge on any atom is 0.472 e. The third-order valence-electron chi connectivity index (χ3n) is 17.7. The van der Waals surface area contributed by atoms with Crippen LogP contribution in [-0.4, -0.2) is 96.7 Å². The number of aliphatic hydroxyl groups excluding tert-OH is 1. The Bertz CT molecular complexity index is 1840. The number of phosphoric ester groups is 2. The first kappa shape index (κ1) is 92.1. The highest BCUT2D eigenvalue weighted by Crippen LogP contribution is 2.45. The van der Waals surface area contributed by atoms with Crippen LogP contribution < -0.4 is 0 Å². The number of hydrogen-bond acceptors (Lipinski definition) is 15. The van der Waals surface area contributed by atoms with Gasteiger partial charge in [-0.3, -0.25) is 37.3 Å². The molecule has 19 heteroatoms. The molecule has 0 bridgehead atoms. The molecule has 558 valence electrons. The number of ether oxygens (including phenoxy) is 4. The molecule has 6 atom stereocenters. The number of esters is 4. The van der Waals surface area contributed by atoms with E-state index >= 15 is 0 Å². The first-order valence-electron chi connectivity index (χ1n) is 38.9. The molecule has 0 aromatic heterocycles. The number of unbranched alkanes of at least 4 members (excludes halogenated alkanes) is 40. The Hall–Kier alpha value is -1.94. The summed E-state index contributed by atoms with van der Waals surface area (Å²) in [5.74, 6) is 0.166. The Morgan fingerprint density at radius 1 is 0.309 bits per heavy atom. The summed E-state index contributed by atoms with van der Waals surface area (Å²) in [6.45, 7) is 11.9. The van der Waals surface area contributed by atoms with Gasteiger partial charge in [0.1, 0.15) is 19.3 Å². The second kappa shape index (κ2) is 65.7. The third-order valence-corrected chi connectivity index (χ3v) is 19.6. The molecule has 0 saturated carbocycles. The van der Waals surface area contributed by atoms with E-state index in [1.165, 1.54) is 186 Å². The number of aliphatic hydroxyl groups is 1. The molecule has 94 heavy (non-hydrogen) atoms. The molecule has 0 saturated heterocycles. The molecule has 0 rings (SSSR count). The van der Waals surface area contributed by atoms with Crippen molar-refractivity contribution in [1.29, 1.82) is 0 Å². The highest BCUT2D eigenvalue weighted by molar-refractivity contribution is 7.47. The fourth-order valence-electron chi connectivity index (χ4n) is 11.4. The fourth-order valence-corrected chi connectivity index (χ4v) is 13.0. The van der Waals surface area contributed by atoms with Gasteiger partial charge in [0, 0.05) is 25.7 Å². The van der Waals surface area contributed by atoms with Crippen LogP contribution in [0.25, 0.3) is 0 Å². The summed E-state index contributed by atoms with van der Waals surface area (Å²) in [5, 5.41) is 10.6. The molecule has 0 spiro atoms. The smallest absolute Gasteiger partial charge is 0.462 e. The normalized spacial score (nSPS) is 14.4. The van der Waals surface area contributed by atoms with Crippen LogP contribution in [0.5, 0.6) is 0 Å². The summed E-state index contributed by atoms with van der Waals surface area (Å²) < 4.78 is 68.5. The average molecular weight is 1380 g/mol. The molecule has 0 amide bonds. The Labute approximate surface area is 575 Å². The van der Waals surface area contributed by atoms with Gasteiger partial charge >= 0.3 is 39.5 Å². The quantitative estimate of drug-likeness (QED) is 0.0222. The Kier molecular flexibility index (Phi) is 64.3. The van der Waals surface area contributed by atoms with Gasteiger partial charge in [-0.1, -0.05) is 331 Å². The van der Waals surface area contributed by atoms with Crippen LogP contribution in [0.2, 0.25) is 0 Å². The lowest BCUT2D eigenvalue weighted by Crippen LogP contribution is -2.30. The molecular formula is C75H146O17P2. The maximum atomic E-state index is 13.1. The van der Waals surface area contributed by atoms with Crippen LogP contribution in [0.1, 0.15) is 382 Å². The number of rotatable bonds is 73. The first-order valence-corrected chi connectivity index (χ1v) is 41.9. The minimum atomic E-state index is -4.96. The Balaban J connectivity index is 5.26. The van der Waals surface area contributed by atoms with Crippen molar-refractivity contribution < 1.29 is 80.2 Å². The predicted octanol–water partition coefficient (Wildman–Crippen LogP) is 21.8. The van der Waals surface area contributed by atoms with E-state index in [9.17, 15) is 43.2 Å². The van der Waals surface area contributed by atoms with Gasteiger partial charge in [-0.05, 0) is 43.4 Å². The largest absolute Gasteiger partial charge is 0.472 e. The first-order chi connectivity index (χ1) is 45.3. The van der Waals surface area contributed by atoms with Gasteiger partial charge in [0.15, 0.2) is 12.2 Å². The molecule has 0 aromatic carbocycles. The SMILES string of the molecule is CCCCCCCCCCCCCCCCCC(=O)OC[C@H](COP(=O)(O)OC[C@@H](O)COP(=O)(O)OC[C@@H](COC(=O)CCCCCCCCCC(C)C)OC(=O)CCCCCCCCCCCCC(C)CC)OC(=O)CCCCCCCCCCCCCCC(C)C. The number of hydrogen-bond donors (Lipinski definition) is 3. The summed E-state index contributed by atoms with van der Waals surface area (Å²) in [7, 11) is -9.91. The van der Waals surface area contributed by atoms with Crippen molar-refractivity contribution in [3.05, 3.63) is 0 Å². The van der Waals surface area contributed by atoms with Crippen molar-refractivity contribution in [1.82, 2.24) is 0 Å². The topological polar surface area (TPSA) is 237 Å². The molecule has 17 nitrogen and oxygen atoms in total. The fraction of sp³-hybridized carbons (Fsp3) is 0.947. The van der Waals surface area contributed by atoms with Gasteiger partial charge in [-0.25, -0.2) is 9.13 Å². The summed E-state index contributed by atoms with van der Waals surface area (Å²) >= 11 is 0. The summed E-state index contributed by atoms with van der Waals surface area (Å²) in [6, 6.07) is 0. The monoisotopic (exact) mass is 1380 g/mol. The highest BCUT2D eigenvalue weighted by Gasteiger charge is 2.30. The van der Waals surface area contributed by atoms with Crippen molar-refractivity contribution in [2.24, 2.45) is 17.8 Å². The molecule has 0 aliphatic rings. The van der Waals surface area contributed by atoms with Crippen LogP contribution in [0.3, 0.4) is 0 Å². The van der Waals surface area contributed by atoms with Gasteiger partial charge in [0.25, 0.3) is 0 Å². The summed E-state index contributed by atoms with van der Waals surface area (Å²) in [5.41, 5.74) is 0. The lowest BCUT2D eigenvalue weighted by atomic mass is 9.99. The van der Waals surface area contributed by atoms with Crippen molar-refractivity contribution in [2.45, 2.75) is 401 Å². The molecule has 3 N–H and O–H groups in total. The van der Waals surface area contributed by atoms with Crippen LogP contribution in [0, 0.1) is 17.8 Å². The van der Waals surface area contributed by atoms with Gasteiger partial charge in [-0.2, -0.15) is 0 Å². The van der Waals surface area contributed by atoms with Crippen LogP contribution in [0.15, 0.2) is 0 Å². The second-order valence-electron chi connectivity index (χ2n) is 28.2. The Morgan fingerprint density at radius 2 is 0.543 bits per heavy atom. The van der Waals surface area contributed by atoms with E-state index in [0.29, 0.717) is 31.6 Å². The maximum absolute atomic E-state index is 13.1. The standard InChI is InChI=1S/C75H146O17P2/c1-8-10-11-12-13-14-15-16-17-18-22-28-35-42-49-56-72(77)85-62-70(91-74(79)58-51-44-36-29-23-20-19-21-26-32-39-46-53-66(3)4)64-89-93(81,82)87-60-69(76)61-88-94(83,84)90-65-71(63-86-73(78)57-50-43-38-31-33-40-47-54-67(5)6)92-75(80)59-52-45-37-30-25-24-27-34-41-48-55-68(7)9-2/h66-71,76H,8-65H2,1-7H3,(H,81,82)(H,83,84)/t68?,69-,70-,71-/m1/s1. The van der Waals surface area contributed by atoms with E-state index in [0.717, 1.165) is 108 Å². The van der Waals surface area contributed by atoms with Crippen molar-refractivity contribution in [2.75, 3.05) is 39.6 Å². The molecule has 0 heterocycles. The lowest BCUT2D eigenvalue weighted by Gasteiger charge is -2.21. The Morgan fingerprint density at radius 3 is 0.809 bits per heavy atom. The molecule has 3 unspecified atom stereocenters. The second-order valence-corrected chi connectivity index (χ2v) is 31.1. The van der Waals surface area contributed by atoms with E-state index in [2.05, 4.69) is 48.5 Å². The van der Waals surface area contributed by atoms with E-state index in [1.807, 2.05) is 0 Å². The van der Waals surface area contributed by atoms with Crippen LogP contribution >= 0.6 is 15.6 Å². The average Bonchev–Trinajstić information content (AvgIpc) is 3.44. The molecule has 0 fully saturated rings. The van der Waals surface area contributed by atoms with Crippen LogP contribution in [-0.2, 0) is 65.4 Å². The molecule has 0 aliphatic heterocycles. The van der Waals surface area contributed by atoms with Gasteiger partial charge in [0.05, 0.1) is 26.4 Å². The number of carbonyl (C=O) groups excluding carboxylic acids is 4. The van der Waals surface area contributed by atoms with Gasteiger partial charge < -0.3 is 33.8 Å². The molecular weight excluding hydrogens is 1230 g/mol. The third kappa shape index (κ3) is 67.3. The predicted molar refractivity (Wildman–Crippen MR) is 381 cm³/mol. The number of carbonyl (C=O) groups is 4. The number of phosphoric acid groups is 2. The van der Waals surface area contributed by atoms with Crippen LogP contribution in [0.4, 0.5) is 0 Å². The minimum absolute atomic E-state index is 0.105. The molecule has 0 radical (unpaired) electrons.